The summed E-state index contributed by atoms with van der Waals surface area (Å²) in [4.78, 5) is 11.5. The van der Waals surface area contributed by atoms with Crippen molar-refractivity contribution in [3.63, 3.8) is 0 Å². The van der Waals surface area contributed by atoms with Gasteiger partial charge in [0.15, 0.2) is 18.1 Å². The van der Waals surface area contributed by atoms with E-state index in [1.807, 2.05) is 0 Å². The Morgan fingerprint density at radius 1 is 1.24 bits per heavy atom. The second kappa shape index (κ2) is 7.04. The van der Waals surface area contributed by atoms with Gasteiger partial charge in [-0.3, -0.25) is 4.79 Å². The van der Waals surface area contributed by atoms with Crippen molar-refractivity contribution in [2.45, 2.75) is 0 Å². The number of nitrogens with one attached hydrogen (secondary N) is 1. The number of rotatable bonds is 5. The van der Waals surface area contributed by atoms with Crippen LogP contribution < -0.4 is 10.2 Å². The number of hydrogen-bond acceptors (Lipinski definition) is 4. The highest BCUT2D eigenvalue weighted by Crippen LogP contribution is 2.23. The Morgan fingerprint density at radius 2 is 1.95 bits per heavy atom. The molecule has 0 saturated heterocycles. The summed E-state index contributed by atoms with van der Waals surface area (Å²) < 4.78 is 18.4. The molecule has 2 N–H and O–H groups in total. The van der Waals surface area contributed by atoms with Crippen molar-refractivity contribution in [2.75, 3.05) is 6.61 Å². The van der Waals surface area contributed by atoms with Crippen LogP contribution >= 0.6 is 0 Å². The number of benzene rings is 2. The molecule has 108 valence electrons. The fourth-order valence-corrected chi connectivity index (χ4v) is 1.51. The summed E-state index contributed by atoms with van der Waals surface area (Å²) in [6.07, 6.45) is 1.20. The molecule has 0 heterocycles. The minimum Gasteiger partial charge on any atom is -0.504 e. The molecule has 6 heteroatoms. The maximum atomic E-state index is 13.3. The van der Waals surface area contributed by atoms with Gasteiger partial charge in [-0.1, -0.05) is 30.3 Å². The van der Waals surface area contributed by atoms with Crippen molar-refractivity contribution in [3.05, 3.63) is 59.9 Å². The molecule has 0 saturated carbocycles. The van der Waals surface area contributed by atoms with Gasteiger partial charge in [-0.2, -0.15) is 5.10 Å². The molecular formula is C15H13FN2O3. The summed E-state index contributed by atoms with van der Waals surface area (Å²) in [7, 11) is 0. The van der Waals surface area contributed by atoms with E-state index in [1.165, 1.54) is 30.5 Å². The smallest absolute Gasteiger partial charge is 0.277 e. The molecule has 0 aliphatic heterocycles. The maximum absolute atomic E-state index is 13.3. The number of hydrogen-bond donors (Lipinski definition) is 2. The number of nitrogens with zero attached hydrogens (tertiary/aromatic N) is 1. The van der Waals surface area contributed by atoms with Crippen LogP contribution in [0.2, 0.25) is 0 Å². The number of phenols is 1. The summed E-state index contributed by atoms with van der Waals surface area (Å²) in [6.45, 7) is -0.313. The summed E-state index contributed by atoms with van der Waals surface area (Å²) in [5.74, 6) is -0.808. The van der Waals surface area contributed by atoms with Gasteiger partial charge < -0.3 is 9.84 Å². The lowest BCUT2D eigenvalue weighted by atomic mass is 10.2. The topological polar surface area (TPSA) is 70.9 Å². The molecule has 2 aromatic rings. The molecule has 0 spiro atoms. The van der Waals surface area contributed by atoms with E-state index in [4.69, 9.17) is 4.74 Å². The van der Waals surface area contributed by atoms with Crippen LogP contribution in [-0.2, 0) is 4.79 Å². The Labute approximate surface area is 120 Å². The van der Waals surface area contributed by atoms with Crippen LogP contribution in [-0.4, -0.2) is 23.8 Å². The molecule has 21 heavy (non-hydrogen) atoms. The third-order valence-electron chi connectivity index (χ3n) is 2.52. The van der Waals surface area contributed by atoms with E-state index in [-0.39, 0.29) is 23.7 Å². The first-order valence-electron chi connectivity index (χ1n) is 6.14. The second-order valence-electron chi connectivity index (χ2n) is 4.07. The van der Waals surface area contributed by atoms with Gasteiger partial charge in [-0.05, 0) is 18.2 Å². The van der Waals surface area contributed by atoms with Crippen molar-refractivity contribution in [1.82, 2.24) is 5.43 Å². The first kappa shape index (κ1) is 14.5. The predicted molar refractivity (Wildman–Crippen MR) is 75.7 cm³/mol. The van der Waals surface area contributed by atoms with Crippen molar-refractivity contribution in [3.8, 4) is 11.5 Å². The molecule has 2 aromatic carbocycles. The zero-order chi connectivity index (χ0) is 15.1. The van der Waals surface area contributed by atoms with E-state index in [0.29, 0.717) is 0 Å². The number of amides is 1. The van der Waals surface area contributed by atoms with E-state index in [2.05, 4.69) is 10.5 Å². The Bertz CT molecular complexity index is 659. The highest BCUT2D eigenvalue weighted by atomic mass is 19.1. The summed E-state index contributed by atoms with van der Waals surface area (Å²) >= 11 is 0. The van der Waals surface area contributed by atoms with E-state index in [9.17, 15) is 14.3 Å². The number of hydrazone groups is 1. The standard InChI is InChI=1S/C15H13FN2O3/c16-12-6-2-1-5-11(12)9-17-18-15(20)10-21-14-8-4-3-7-13(14)19/h1-9,19H,10H2,(H,18,20)/b17-9+. The lowest BCUT2D eigenvalue weighted by molar-refractivity contribution is -0.123. The average molecular weight is 288 g/mol. The van der Waals surface area contributed by atoms with Crippen LogP contribution in [0.1, 0.15) is 5.56 Å². The fraction of sp³-hybridized carbons (Fsp3) is 0.0667. The van der Waals surface area contributed by atoms with E-state index >= 15 is 0 Å². The number of phenolic OH excluding ortho intramolecular Hbond substituents is 1. The number of para-hydroxylation sites is 2. The van der Waals surface area contributed by atoms with E-state index < -0.39 is 11.7 Å². The number of carbonyl (C=O) groups excluding carboxylic acids is 1. The molecular weight excluding hydrogens is 275 g/mol. The molecule has 0 aliphatic rings. The molecule has 5 nitrogen and oxygen atoms in total. The lowest BCUT2D eigenvalue weighted by Crippen LogP contribution is -2.24. The third-order valence-corrected chi connectivity index (χ3v) is 2.52. The highest BCUT2D eigenvalue weighted by Gasteiger charge is 2.04. The van der Waals surface area contributed by atoms with Gasteiger partial charge in [-0.15, -0.1) is 0 Å². The Balaban J connectivity index is 1.83. The first-order chi connectivity index (χ1) is 10.2. The van der Waals surface area contributed by atoms with Gasteiger partial charge >= 0.3 is 0 Å². The molecule has 0 fully saturated rings. The molecule has 0 unspecified atom stereocenters. The van der Waals surface area contributed by atoms with Crippen LogP contribution in [0.4, 0.5) is 4.39 Å². The van der Waals surface area contributed by atoms with Crippen LogP contribution in [0.5, 0.6) is 11.5 Å². The van der Waals surface area contributed by atoms with Crippen molar-refractivity contribution in [1.29, 1.82) is 0 Å². The fourth-order valence-electron chi connectivity index (χ4n) is 1.51. The maximum Gasteiger partial charge on any atom is 0.277 e. The van der Waals surface area contributed by atoms with Gasteiger partial charge in [0.2, 0.25) is 0 Å². The van der Waals surface area contributed by atoms with Crippen LogP contribution in [0.15, 0.2) is 53.6 Å². The number of aromatic hydroxyl groups is 1. The minimum absolute atomic E-state index is 0.0554. The Kier molecular flexibility index (Phi) is 4.87. The summed E-state index contributed by atoms with van der Waals surface area (Å²) in [5, 5.41) is 13.1. The molecule has 0 radical (unpaired) electrons. The van der Waals surface area contributed by atoms with Crippen LogP contribution in [0.25, 0.3) is 0 Å². The molecule has 0 atom stereocenters. The monoisotopic (exact) mass is 288 g/mol. The quantitative estimate of drug-likeness (QED) is 0.653. The van der Waals surface area contributed by atoms with Crippen molar-refractivity contribution in [2.24, 2.45) is 5.10 Å². The average Bonchev–Trinajstić information content (AvgIpc) is 2.48. The summed E-state index contributed by atoms with van der Waals surface area (Å²) in [5.41, 5.74) is 2.47. The molecule has 0 aliphatic carbocycles. The van der Waals surface area contributed by atoms with Crippen molar-refractivity contribution >= 4 is 12.1 Å². The van der Waals surface area contributed by atoms with E-state index in [1.54, 1.807) is 24.3 Å². The predicted octanol–water partition coefficient (Wildman–Crippen LogP) is 2.06. The van der Waals surface area contributed by atoms with Crippen LogP contribution in [0, 0.1) is 5.82 Å². The largest absolute Gasteiger partial charge is 0.504 e. The number of halogens is 1. The zero-order valence-corrected chi connectivity index (χ0v) is 11.0. The van der Waals surface area contributed by atoms with Crippen LogP contribution in [0.3, 0.4) is 0 Å². The minimum atomic E-state index is -0.522. The van der Waals surface area contributed by atoms with Crippen molar-refractivity contribution < 1.29 is 19.0 Å². The van der Waals surface area contributed by atoms with Gasteiger partial charge in [0.1, 0.15) is 5.82 Å². The highest BCUT2D eigenvalue weighted by molar-refractivity contribution is 5.83. The Morgan fingerprint density at radius 3 is 2.71 bits per heavy atom. The molecule has 1 amide bonds. The summed E-state index contributed by atoms with van der Waals surface area (Å²) in [6, 6.07) is 12.3. The van der Waals surface area contributed by atoms with E-state index in [0.717, 1.165) is 0 Å². The lowest BCUT2D eigenvalue weighted by Gasteiger charge is -2.06. The molecule has 2 rings (SSSR count). The Hall–Kier alpha value is -2.89. The van der Waals surface area contributed by atoms with Gasteiger partial charge in [0.05, 0.1) is 6.21 Å². The zero-order valence-electron chi connectivity index (χ0n) is 11.0. The number of carbonyl (C=O) groups is 1. The second-order valence-corrected chi connectivity index (χ2v) is 4.07. The first-order valence-corrected chi connectivity index (χ1v) is 6.14. The van der Waals surface area contributed by atoms with Gasteiger partial charge in [0.25, 0.3) is 5.91 Å². The SMILES string of the molecule is O=C(COc1ccccc1O)N/N=C/c1ccccc1F. The van der Waals surface area contributed by atoms with Gasteiger partial charge in [-0.25, -0.2) is 9.82 Å². The molecule has 0 bridgehead atoms. The normalized spacial score (nSPS) is 10.5. The third kappa shape index (κ3) is 4.31. The number of ether oxygens (including phenoxy) is 1. The molecule has 0 aromatic heterocycles. The van der Waals surface area contributed by atoms with Gasteiger partial charge in [0, 0.05) is 5.56 Å².